The Bertz CT molecular complexity index is 1600. The van der Waals surface area contributed by atoms with Crippen LogP contribution >= 0.6 is 7.26 Å². The summed E-state index contributed by atoms with van der Waals surface area (Å²) in [5.41, 5.74) is 2.35. The van der Waals surface area contributed by atoms with Crippen LogP contribution in [-0.2, 0) is 11.3 Å². The van der Waals surface area contributed by atoms with Gasteiger partial charge in [-0.1, -0.05) is 106 Å². The molecule has 52 heavy (non-hydrogen) atoms. The molecule has 0 aromatic heterocycles. The summed E-state index contributed by atoms with van der Waals surface area (Å²) in [7, 11) is -1.76. The van der Waals surface area contributed by atoms with Crippen molar-refractivity contribution in [2.24, 2.45) is 46.3 Å². The van der Waals surface area contributed by atoms with Crippen LogP contribution in [0.15, 0.2) is 121 Å². The van der Waals surface area contributed by atoms with Crippen LogP contribution in [0.25, 0.3) is 0 Å². The van der Waals surface area contributed by atoms with Crippen molar-refractivity contribution in [3.8, 4) is 0 Å². The van der Waals surface area contributed by atoms with Crippen molar-refractivity contribution in [2.75, 3.05) is 6.16 Å². The molecule has 0 aliphatic heterocycles. The molecule has 0 N–H and O–H groups in total. The zero-order chi connectivity index (χ0) is 34.9. The van der Waals surface area contributed by atoms with E-state index in [-0.39, 0.29) is 17.0 Å². The van der Waals surface area contributed by atoms with E-state index in [0.29, 0.717) is 16.9 Å². The average Bonchev–Trinajstić information content (AvgIpc) is 3.54. The molecule has 0 radical (unpaired) electrons. The molecule has 4 saturated carbocycles. The molecule has 1 nitrogen and oxygen atoms in total. The van der Waals surface area contributed by atoms with Gasteiger partial charge < -0.3 is 21.7 Å². The van der Waals surface area contributed by atoms with Crippen molar-refractivity contribution < 1.29 is 21.7 Å². The van der Waals surface area contributed by atoms with Gasteiger partial charge in [0.1, 0.15) is 23.2 Å². The van der Waals surface area contributed by atoms with Gasteiger partial charge in [-0.3, -0.25) is 0 Å². The molecular weight excluding hydrogens is 715 g/mol. The fraction of sp³-hybridized carbons (Fsp3) is 0.510. The Morgan fingerprint density at radius 2 is 1.17 bits per heavy atom. The van der Waals surface area contributed by atoms with Crippen LogP contribution in [0.4, 0.5) is 0 Å². The predicted octanol–water partition coefficient (Wildman–Crippen LogP) is 8.65. The Morgan fingerprint density at radius 3 is 1.77 bits per heavy atom. The zero-order valence-electron chi connectivity index (χ0n) is 32.0. The highest BCUT2D eigenvalue weighted by molar-refractivity contribution is 7.95. The molecule has 4 fully saturated rings. The van der Waals surface area contributed by atoms with Gasteiger partial charge in [0, 0.05) is 0 Å². The van der Waals surface area contributed by atoms with E-state index in [9.17, 15) is 0 Å². The molecular formula is C49H62BrOP. The topological polar surface area (TPSA) is 9.23 Å². The number of fused-ring (bicyclic) bond motifs is 5. The first-order valence-electron chi connectivity index (χ1n) is 20.6. The van der Waals surface area contributed by atoms with E-state index in [2.05, 4.69) is 142 Å². The molecule has 4 aliphatic rings. The minimum absolute atomic E-state index is 0. The lowest BCUT2D eigenvalue weighted by molar-refractivity contribution is -0.138. The lowest BCUT2D eigenvalue weighted by Gasteiger charge is -2.61. The van der Waals surface area contributed by atoms with E-state index in [0.717, 1.165) is 42.1 Å². The van der Waals surface area contributed by atoms with E-state index in [1.54, 1.807) is 0 Å². The summed E-state index contributed by atoms with van der Waals surface area (Å²) < 4.78 is 6.56. The highest BCUT2D eigenvalue weighted by Crippen LogP contribution is 2.68. The first kappa shape index (κ1) is 38.0. The highest BCUT2D eigenvalue weighted by Gasteiger charge is 2.60. The summed E-state index contributed by atoms with van der Waals surface area (Å²) in [6.45, 7) is 8.91. The fourth-order valence-corrected chi connectivity index (χ4v) is 17.2. The minimum atomic E-state index is -1.76. The second-order valence-electron chi connectivity index (χ2n) is 17.7. The molecule has 9 atom stereocenters. The standard InChI is InChI=1S/C49H62OP.BrH/c1-37(17-16-34-51(41-20-10-5-11-21-41,42-22-12-6-13-23-42)43-24-14-7-15-25-43)45-28-29-46-44-27-26-39-35-40(50-36-38-18-8-4-9-19-38)30-32-48(39,2)47(44)31-33-49(45,46)3;/h4-15,18-25,37,39-40,44-47H,16-17,26-36H2,1-3H3;1H/q+1;/p-1/t37-,39-,40-,44+,45-,46+,47+,48+,49-;/m1./s1. The summed E-state index contributed by atoms with van der Waals surface area (Å²) in [4.78, 5) is 0. The van der Waals surface area contributed by atoms with Crippen molar-refractivity contribution in [1.82, 2.24) is 0 Å². The molecule has 0 bridgehead atoms. The van der Waals surface area contributed by atoms with Gasteiger partial charge in [-0.25, -0.2) is 0 Å². The number of ether oxygens (including phenoxy) is 1. The van der Waals surface area contributed by atoms with Gasteiger partial charge in [0.25, 0.3) is 0 Å². The smallest absolute Gasteiger partial charge is 0.112 e. The van der Waals surface area contributed by atoms with E-state index in [1.165, 1.54) is 98.3 Å². The third-order valence-corrected chi connectivity index (χ3v) is 20.0. The lowest BCUT2D eigenvalue weighted by atomic mass is 9.44. The quantitative estimate of drug-likeness (QED) is 0.139. The van der Waals surface area contributed by atoms with Crippen molar-refractivity contribution in [3.63, 3.8) is 0 Å². The summed E-state index contributed by atoms with van der Waals surface area (Å²) in [5, 5.41) is 4.59. The summed E-state index contributed by atoms with van der Waals surface area (Å²) >= 11 is 0. The molecule has 0 amide bonds. The molecule has 276 valence electrons. The van der Waals surface area contributed by atoms with E-state index >= 15 is 0 Å². The molecule has 0 saturated heterocycles. The largest absolute Gasteiger partial charge is 1.00 e. The van der Waals surface area contributed by atoms with E-state index in [4.69, 9.17) is 4.74 Å². The Kier molecular flexibility index (Phi) is 11.9. The van der Waals surface area contributed by atoms with Gasteiger partial charge >= 0.3 is 0 Å². The van der Waals surface area contributed by atoms with Crippen LogP contribution in [0, 0.1) is 46.3 Å². The van der Waals surface area contributed by atoms with Gasteiger partial charge in [0.05, 0.1) is 18.9 Å². The highest BCUT2D eigenvalue weighted by atomic mass is 79.9. The molecule has 4 aromatic carbocycles. The Labute approximate surface area is 326 Å². The Balaban J connectivity index is 0.00000420. The molecule has 0 unspecified atom stereocenters. The maximum atomic E-state index is 6.56. The predicted molar refractivity (Wildman–Crippen MR) is 219 cm³/mol. The zero-order valence-corrected chi connectivity index (χ0v) is 34.5. The summed E-state index contributed by atoms with van der Waals surface area (Å²) in [6.07, 6.45) is 17.0. The van der Waals surface area contributed by atoms with Crippen molar-refractivity contribution in [3.05, 3.63) is 127 Å². The molecule has 0 heterocycles. The molecule has 4 aromatic rings. The number of hydrogen-bond acceptors (Lipinski definition) is 1. The maximum Gasteiger partial charge on any atom is 0.112 e. The summed E-state index contributed by atoms with van der Waals surface area (Å²) in [5.74, 6) is 5.29. The van der Waals surface area contributed by atoms with Gasteiger partial charge in [-0.2, -0.15) is 0 Å². The first-order chi connectivity index (χ1) is 24.9. The fourth-order valence-electron chi connectivity index (χ4n) is 12.9. The van der Waals surface area contributed by atoms with Crippen molar-refractivity contribution in [1.29, 1.82) is 0 Å². The molecule has 3 heteroatoms. The first-order valence-corrected chi connectivity index (χ1v) is 22.6. The number of hydrogen-bond donors (Lipinski definition) is 0. The molecule has 8 rings (SSSR count). The van der Waals surface area contributed by atoms with Gasteiger partial charge in [-0.15, -0.1) is 0 Å². The number of benzene rings is 4. The van der Waals surface area contributed by atoms with Crippen LogP contribution in [0.3, 0.4) is 0 Å². The van der Waals surface area contributed by atoms with Crippen LogP contribution in [0.5, 0.6) is 0 Å². The lowest BCUT2D eigenvalue weighted by Crippen LogP contribution is -3.00. The third kappa shape index (κ3) is 7.04. The van der Waals surface area contributed by atoms with E-state index in [1.807, 2.05) is 0 Å². The third-order valence-electron chi connectivity index (χ3n) is 15.5. The van der Waals surface area contributed by atoms with Crippen LogP contribution in [0.2, 0.25) is 0 Å². The van der Waals surface area contributed by atoms with E-state index < -0.39 is 7.26 Å². The molecule has 4 aliphatic carbocycles. The van der Waals surface area contributed by atoms with Crippen molar-refractivity contribution >= 4 is 23.2 Å². The van der Waals surface area contributed by atoms with Gasteiger partial charge in [0.15, 0.2) is 0 Å². The Morgan fingerprint density at radius 1 is 0.635 bits per heavy atom. The second kappa shape index (κ2) is 16.2. The van der Waals surface area contributed by atoms with Crippen LogP contribution in [0.1, 0.15) is 97.0 Å². The van der Waals surface area contributed by atoms with Crippen LogP contribution in [-0.4, -0.2) is 12.3 Å². The maximum absolute atomic E-state index is 6.56. The second-order valence-corrected chi connectivity index (χ2v) is 21.4. The van der Waals surface area contributed by atoms with Crippen molar-refractivity contribution in [2.45, 2.75) is 104 Å². The molecule has 0 spiro atoms. The van der Waals surface area contributed by atoms with Gasteiger partial charge in [0.2, 0.25) is 0 Å². The number of rotatable bonds is 11. The minimum Gasteiger partial charge on any atom is -1.00 e. The SMILES string of the molecule is C[C@H](CCC[P+](c1ccccc1)(c1ccccc1)c1ccccc1)[C@H]1CC[C@H]2[C@@H]3CC[C@@H]4C[C@H](OCc5ccccc5)CC[C@]4(C)[C@H]3CC[C@]12C.[Br-]. The monoisotopic (exact) mass is 776 g/mol. The van der Waals surface area contributed by atoms with Crippen LogP contribution < -0.4 is 32.9 Å². The normalized spacial score (nSPS) is 31.8. The van der Waals surface area contributed by atoms with Gasteiger partial charge in [-0.05, 0) is 159 Å². The average molecular weight is 778 g/mol. The summed E-state index contributed by atoms with van der Waals surface area (Å²) in [6, 6.07) is 45.4. The number of halogens is 1. The Hall–Kier alpha value is -2.25.